The first-order chi connectivity index (χ1) is 12.0. The fourth-order valence-electron chi connectivity index (χ4n) is 4.34. The SMILES string of the molecule is O=C(COC(=O)[C@H]1[C@@H]2C[C@H]3[C@@H]1C(=O)O[C@@H]3C2)Nc1cccc(Cl)c1Cl. The fraction of sp³-hybridized carbons (Fsp3) is 0.471. The Hall–Kier alpha value is -1.79. The molecule has 8 heteroatoms. The third-order valence-electron chi connectivity index (χ3n) is 5.33. The van der Waals surface area contributed by atoms with E-state index in [4.69, 9.17) is 32.7 Å². The molecule has 25 heavy (non-hydrogen) atoms. The Labute approximate surface area is 153 Å². The first kappa shape index (κ1) is 16.7. The van der Waals surface area contributed by atoms with Crippen LogP contribution in [0, 0.1) is 23.7 Å². The van der Waals surface area contributed by atoms with Crippen molar-refractivity contribution in [3.8, 4) is 0 Å². The molecule has 0 spiro atoms. The second-order valence-electron chi connectivity index (χ2n) is 6.68. The number of fused-ring (bicyclic) bond motifs is 1. The molecule has 1 amide bonds. The summed E-state index contributed by atoms with van der Waals surface area (Å²) < 4.78 is 10.4. The molecular formula is C17H15Cl2NO5. The van der Waals surface area contributed by atoms with Crippen LogP contribution in [0.15, 0.2) is 18.2 Å². The highest BCUT2D eigenvalue weighted by atomic mass is 35.5. The van der Waals surface area contributed by atoms with Crippen LogP contribution >= 0.6 is 23.2 Å². The monoisotopic (exact) mass is 383 g/mol. The van der Waals surface area contributed by atoms with E-state index in [0.29, 0.717) is 17.1 Å². The Morgan fingerprint density at radius 3 is 2.88 bits per heavy atom. The highest BCUT2D eigenvalue weighted by Gasteiger charge is 2.64. The standard InChI is InChI=1S/C17H15Cl2NO5/c18-9-2-1-3-10(15(9)19)20-12(21)6-24-16(22)13-7-4-8-11(5-7)25-17(23)14(8)13/h1-3,7-8,11,13-14H,4-6H2,(H,20,21)/t7-,8-,11-,13+,14+/m1/s1. The number of benzene rings is 1. The van der Waals surface area contributed by atoms with Crippen molar-refractivity contribution in [2.75, 3.05) is 11.9 Å². The Morgan fingerprint density at radius 1 is 1.28 bits per heavy atom. The molecule has 6 nitrogen and oxygen atoms in total. The van der Waals surface area contributed by atoms with E-state index >= 15 is 0 Å². The smallest absolute Gasteiger partial charge is 0.310 e. The molecule has 0 aromatic heterocycles. The van der Waals surface area contributed by atoms with Crippen molar-refractivity contribution in [1.29, 1.82) is 0 Å². The van der Waals surface area contributed by atoms with Gasteiger partial charge in [-0.3, -0.25) is 14.4 Å². The van der Waals surface area contributed by atoms with Gasteiger partial charge in [-0.2, -0.15) is 0 Å². The summed E-state index contributed by atoms with van der Waals surface area (Å²) in [6.07, 6.45) is 1.47. The van der Waals surface area contributed by atoms with Crippen LogP contribution in [0.3, 0.4) is 0 Å². The number of hydrogen-bond acceptors (Lipinski definition) is 5. The van der Waals surface area contributed by atoms with Gasteiger partial charge in [0.25, 0.3) is 5.91 Å². The first-order valence-electron chi connectivity index (χ1n) is 8.06. The first-order valence-corrected chi connectivity index (χ1v) is 8.82. The predicted molar refractivity (Wildman–Crippen MR) is 89.1 cm³/mol. The maximum absolute atomic E-state index is 12.4. The van der Waals surface area contributed by atoms with E-state index in [0.717, 1.165) is 6.42 Å². The van der Waals surface area contributed by atoms with Gasteiger partial charge in [0, 0.05) is 5.92 Å². The van der Waals surface area contributed by atoms with Gasteiger partial charge in [-0.15, -0.1) is 0 Å². The number of nitrogens with one attached hydrogen (secondary N) is 1. The van der Waals surface area contributed by atoms with Gasteiger partial charge in [0.2, 0.25) is 0 Å². The van der Waals surface area contributed by atoms with Gasteiger partial charge in [0.15, 0.2) is 6.61 Å². The number of carbonyl (C=O) groups excluding carboxylic acids is 3. The van der Waals surface area contributed by atoms with Crippen molar-refractivity contribution in [2.24, 2.45) is 23.7 Å². The van der Waals surface area contributed by atoms with E-state index in [-0.39, 0.29) is 28.9 Å². The zero-order chi connectivity index (χ0) is 17.7. The molecule has 0 radical (unpaired) electrons. The van der Waals surface area contributed by atoms with E-state index in [1.165, 1.54) is 0 Å². The molecule has 1 aromatic carbocycles. The maximum atomic E-state index is 12.4. The zero-order valence-corrected chi connectivity index (χ0v) is 14.5. The maximum Gasteiger partial charge on any atom is 0.310 e. The summed E-state index contributed by atoms with van der Waals surface area (Å²) in [5.41, 5.74) is 0.345. The molecule has 1 aliphatic heterocycles. The average Bonchev–Trinajstić information content (AvgIpc) is 3.19. The number of anilines is 1. The molecule has 2 aliphatic carbocycles. The molecular weight excluding hydrogens is 369 g/mol. The Morgan fingerprint density at radius 2 is 2.08 bits per heavy atom. The Kier molecular flexibility index (Phi) is 4.12. The van der Waals surface area contributed by atoms with E-state index < -0.39 is 30.3 Å². The van der Waals surface area contributed by atoms with Crippen molar-refractivity contribution in [3.05, 3.63) is 28.2 Å². The lowest BCUT2D eigenvalue weighted by atomic mass is 9.80. The molecule has 2 bridgehead atoms. The van der Waals surface area contributed by atoms with Gasteiger partial charge in [0.05, 0.1) is 27.6 Å². The van der Waals surface area contributed by atoms with E-state index in [9.17, 15) is 14.4 Å². The van der Waals surface area contributed by atoms with Crippen molar-refractivity contribution in [3.63, 3.8) is 0 Å². The van der Waals surface area contributed by atoms with Crippen LogP contribution < -0.4 is 5.32 Å². The quantitative estimate of drug-likeness (QED) is 0.808. The van der Waals surface area contributed by atoms with Gasteiger partial charge < -0.3 is 14.8 Å². The minimum atomic E-state index is -0.521. The minimum Gasteiger partial charge on any atom is -0.462 e. The van der Waals surface area contributed by atoms with Crippen LogP contribution in [0.5, 0.6) is 0 Å². The number of carbonyl (C=O) groups is 3. The van der Waals surface area contributed by atoms with Crippen LogP contribution in [0.25, 0.3) is 0 Å². The fourth-order valence-corrected chi connectivity index (χ4v) is 4.69. The normalized spacial score (nSPS) is 31.8. The average molecular weight is 384 g/mol. The molecule has 4 rings (SSSR count). The zero-order valence-electron chi connectivity index (χ0n) is 13.0. The van der Waals surface area contributed by atoms with Gasteiger partial charge in [-0.25, -0.2) is 0 Å². The number of rotatable bonds is 4. The third-order valence-corrected chi connectivity index (χ3v) is 6.15. The number of hydrogen-bond donors (Lipinski definition) is 1. The van der Waals surface area contributed by atoms with Gasteiger partial charge in [-0.1, -0.05) is 29.3 Å². The van der Waals surface area contributed by atoms with Crippen LogP contribution in [-0.4, -0.2) is 30.6 Å². The molecule has 0 unspecified atom stereocenters. The molecule has 3 fully saturated rings. The number of ether oxygens (including phenoxy) is 2. The van der Waals surface area contributed by atoms with Crippen molar-refractivity contribution >= 4 is 46.7 Å². The summed E-state index contributed by atoms with van der Waals surface area (Å²) in [6, 6.07) is 4.84. The van der Waals surface area contributed by atoms with Crippen molar-refractivity contribution in [1.82, 2.24) is 0 Å². The Balaban J connectivity index is 1.35. The predicted octanol–water partition coefficient (Wildman–Crippen LogP) is 2.67. The van der Waals surface area contributed by atoms with Crippen molar-refractivity contribution < 1.29 is 23.9 Å². The summed E-state index contributed by atoms with van der Waals surface area (Å²) >= 11 is 11.9. The number of halogens is 2. The minimum absolute atomic E-state index is 0.0418. The van der Waals surface area contributed by atoms with Crippen LogP contribution in [-0.2, 0) is 23.9 Å². The van der Waals surface area contributed by atoms with E-state index in [1.54, 1.807) is 18.2 Å². The summed E-state index contributed by atoms with van der Waals surface area (Å²) in [5.74, 6) is -2.04. The van der Waals surface area contributed by atoms with Gasteiger partial charge in [0.1, 0.15) is 6.10 Å². The Bertz CT molecular complexity index is 765. The molecule has 1 N–H and O–H groups in total. The summed E-state index contributed by atoms with van der Waals surface area (Å²) in [5, 5.41) is 3.08. The molecule has 3 aliphatic rings. The lowest BCUT2D eigenvalue weighted by molar-refractivity contribution is -0.157. The largest absolute Gasteiger partial charge is 0.462 e. The molecule has 5 atom stereocenters. The summed E-state index contributed by atoms with van der Waals surface area (Å²) in [7, 11) is 0. The van der Waals surface area contributed by atoms with Gasteiger partial charge >= 0.3 is 11.9 Å². The topological polar surface area (TPSA) is 81.7 Å². The second-order valence-corrected chi connectivity index (χ2v) is 7.46. The lowest BCUT2D eigenvalue weighted by Gasteiger charge is -2.22. The lowest BCUT2D eigenvalue weighted by Crippen LogP contribution is -2.35. The number of esters is 2. The van der Waals surface area contributed by atoms with Gasteiger partial charge in [-0.05, 0) is 30.9 Å². The molecule has 132 valence electrons. The van der Waals surface area contributed by atoms with Crippen molar-refractivity contribution in [2.45, 2.75) is 18.9 Å². The molecule has 1 saturated heterocycles. The second kappa shape index (κ2) is 6.18. The highest BCUT2D eigenvalue weighted by Crippen LogP contribution is 2.57. The summed E-state index contributed by atoms with van der Waals surface area (Å²) in [6.45, 7) is -0.444. The van der Waals surface area contributed by atoms with Crippen LogP contribution in [0.4, 0.5) is 5.69 Å². The molecule has 1 aromatic rings. The summed E-state index contributed by atoms with van der Waals surface area (Å²) in [4.78, 5) is 36.3. The highest BCUT2D eigenvalue weighted by molar-refractivity contribution is 6.44. The van der Waals surface area contributed by atoms with E-state index in [1.807, 2.05) is 0 Å². The van der Waals surface area contributed by atoms with Crippen LogP contribution in [0.2, 0.25) is 10.0 Å². The molecule has 2 saturated carbocycles. The molecule has 1 heterocycles. The van der Waals surface area contributed by atoms with Crippen LogP contribution in [0.1, 0.15) is 12.8 Å². The van der Waals surface area contributed by atoms with E-state index in [2.05, 4.69) is 5.32 Å². The third kappa shape index (κ3) is 2.77. The number of amides is 1.